The number of hydrogen-bond acceptors (Lipinski definition) is 2. The summed E-state index contributed by atoms with van der Waals surface area (Å²) < 4.78 is 2.11. The molecule has 2 N–H and O–H groups in total. The van der Waals surface area contributed by atoms with E-state index in [1.165, 1.54) is 16.5 Å². The number of carbonyl (C=O) groups excluding carboxylic acids is 1. The van der Waals surface area contributed by atoms with Crippen LogP contribution in [0.15, 0.2) is 30.5 Å². The Bertz CT molecular complexity index is 596. The van der Waals surface area contributed by atoms with Crippen molar-refractivity contribution in [2.75, 3.05) is 13.1 Å². The molecule has 1 aliphatic heterocycles. The summed E-state index contributed by atoms with van der Waals surface area (Å²) in [6.07, 6.45) is 3.04. The molecular formula is C15H19N3O. The molecule has 1 unspecified atom stereocenters. The van der Waals surface area contributed by atoms with Crippen LogP contribution in [0.4, 0.5) is 0 Å². The van der Waals surface area contributed by atoms with Gasteiger partial charge in [-0.15, -0.1) is 0 Å². The Kier molecular flexibility index (Phi) is 3.25. The molecule has 1 aromatic carbocycles. The van der Waals surface area contributed by atoms with Crippen molar-refractivity contribution in [3.05, 3.63) is 36.0 Å². The van der Waals surface area contributed by atoms with E-state index >= 15 is 0 Å². The Labute approximate surface area is 112 Å². The van der Waals surface area contributed by atoms with E-state index in [2.05, 4.69) is 33.5 Å². The van der Waals surface area contributed by atoms with Crippen molar-refractivity contribution < 1.29 is 4.79 Å². The second kappa shape index (κ2) is 5.05. The molecule has 19 heavy (non-hydrogen) atoms. The molecule has 0 saturated carbocycles. The van der Waals surface area contributed by atoms with Crippen LogP contribution in [0.3, 0.4) is 0 Å². The third kappa shape index (κ3) is 2.36. The van der Waals surface area contributed by atoms with Crippen molar-refractivity contribution in [3.8, 4) is 0 Å². The number of rotatable bonds is 3. The summed E-state index contributed by atoms with van der Waals surface area (Å²) in [6, 6.07) is 8.28. The van der Waals surface area contributed by atoms with Gasteiger partial charge in [-0.05, 0) is 24.6 Å². The van der Waals surface area contributed by atoms with Gasteiger partial charge in [0, 0.05) is 37.2 Å². The molecule has 1 atom stereocenters. The molecule has 4 heteroatoms. The molecule has 2 aromatic rings. The van der Waals surface area contributed by atoms with E-state index in [9.17, 15) is 4.79 Å². The molecule has 0 spiro atoms. The molecule has 100 valence electrons. The summed E-state index contributed by atoms with van der Waals surface area (Å²) in [6.45, 7) is 2.37. The Morgan fingerprint density at radius 2 is 2.32 bits per heavy atom. The van der Waals surface area contributed by atoms with Crippen molar-refractivity contribution in [1.29, 1.82) is 0 Å². The minimum Gasteiger partial charge on any atom is -0.352 e. The third-order valence-corrected chi connectivity index (χ3v) is 3.86. The van der Waals surface area contributed by atoms with Gasteiger partial charge in [0.05, 0.1) is 5.92 Å². The van der Waals surface area contributed by atoms with E-state index in [-0.39, 0.29) is 11.8 Å². The second-order valence-corrected chi connectivity index (χ2v) is 5.19. The standard InChI is InChI=1S/C15H19N3O/c1-18-10-12(13-4-2-3-5-14(13)18)9-17-15(19)11-6-7-16-8-11/h2-5,10-11,16H,6-9H2,1H3,(H,17,19). The van der Waals surface area contributed by atoms with E-state index in [1.807, 2.05) is 19.2 Å². The lowest BCUT2D eigenvalue weighted by Gasteiger charge is -2.09. The molecule has 0 radical (unpaired) electrons. The molecule has 1 aliphatic rings. The van der Waals surface area contributed by atoms with E-state index in [0.29, 0.717) is 6.54 Å². The van der Waals surface area contributed by atoms with E-state index in [1.54, 1.807) is 0 Å². The molecule has 1 aromatic heterocycles. The van der Waals surface area contributed by atoms with Crippen molar-refractivity contribution in [2.24, 2.45) is 13.0 Å². The van der Waals surface area contributed by atoms with E-state index < -0.39 is 0 Å². The van der Waals surface area contributed by atoms with Gasteiger partial charge in [0.1, 0.15) is 0 Å². The highest BCUT2D eigenvalue weighted by Gasteiger charge is 2.22. The molecule has 2 heterocycles. The van der Waals surface area contributed by atoms with Gasteiger partial charge in [0.15, 0.2) is 0 Å². The fourth-order valence-electron chi connectivity index (χ4n) is 2.77. The molecule has 4 nitrogen and oxygen atoms in total. The van der Waals surface area contributed by atoms with Gasteiger partial charge in [-0.25, -0.2) is 0 Å². The van der Waals surface area contributed by atoms with Crippen LogP contribution in [0.2, 0.25) is 0 Å². The third-order valence-electron chi connectivity index (χ3n) is 3.86. The Hall–Kier alpha value is -1.81. The average Bonchev–Trinajstić information content (AvgIpc) is 3.06. The number of aryl methyl sites for hydroxylation is 1. The summed E-state index contributed by atoms with van der Waals surface area (Å²) in [7, 11) is 2.04. The minimum absolute atomic E-state index is 0.134. The number of nitrogens with one attached hydrogen (secondary N) is 2. The first-order valence-electron chi connectivity index (χ1n) is 6.77. The number of benzene rings is 1. The Morgan fingerprint density at radius 1 is 1.47 bits per heavy atom. The summed E-state index contributed by atoms with van der Waals surface area (Å²) in [5.41, 5.74) is 2.38. The maximum absolute atomic E-state index is 12.0. The summed E-state index contributed by atoms with van der Waals surface area (Å²) >= 11 is 0. The van der Waals surface area contributed by atoms with Gasteiger partial charge < -0.3 is 15.2 Å². The SMILES string of the molecule is Cn1cc(CNC(=O)C2CCNC2)c2ccccc21. The molecule has 3 rings (SSSR count). The Balaban J connectivity index is 1.73. The molecule has 0 bridgehead atoms. The maximum atomic E-state index is 12.0. The van der Waals surface area contributed by atoms with Crippen molar-refractivity contribution in [1.82, 2.24) is 15.2 Å². The predicted molar refractivity (Wildman–Crippen MR) is 75.7 cm³/mol. The van der Waals surface area contributed by atoms with Crippen molar-refractivity contribution >= 4 is 16.8 Å². The summed E-state index contributed by atoms with van der Waals surface area (Å²) in [5.74, 6) is 0.299. The molecule has 1 fully saturated rings. The first-order valence-corrected chi connectivity index (χ1v) is 6.77. The highest BCUT2D eigenvalue weighted by Crippen LogP contribution is 2.20. The monoisotopic (exact) mass is 257 g/mol. The highest BCUT2D eigenvalue weighted by atomic mass is 16.1. The van der Waals surface area contributed by atoms with Crippen molar-refractivity contribution in [2.45, 2.75) is 13.0 Å². The zero-order chi connectivity index (χ0) is 13.2. The fourth-order valence-corrected chi connectivity index (χ4v) is 2.77. The lowest BCUT2D eigenvalue weighted by molar-refractivity contribution is -0.124. The molecular weight excluding hydrogens is 238 g/mol. The summed E-state index contributed by atoms with van der Waals surface area (Å²) in [5, 5.41) is 7.49. The normalized spacial score (nSPS) is 18.9. The van der Waals surface area contributed by atoms with Crippen LogP contribution in [-0.4, -0.2) is 23.6 Å². The number of fused-ring (bicyclic) bond motifs is 1. The number of amides is 1. The first kappa shape index (κ1) is 12.2. The van der Waals surface area contributed by atoms with Crippen LogP contribution >= 0.6 is 0 Å². The smallest absolute Gasteiger partial charge is 0.224 e. The molecule has 1 amide bonds. The van der Waals surface area contributed by atoms with Gasteiger partial charge in [0.2, 0.25) is 5.91 Å². The average molecular weight is 257 g/mol. The van der Waals surface area contributed by atoms with Gasteiger partial charge in [-0.2, -0.15) is 0 Å². The van der Waals surface area contributed by atoms with E-state index in [0.717, 1.165) is 19.5 Å². The van der Waals surface area contributed by atoms with Gasteiger partial charge in [0.25, 0.3) is 0 Å². The van der Waals surface area contributed by atoms with Gasteiger partial charge in [-0.1, -0.05) is 18.2 Å². The zero-order valence-electron chi connectivity index (χ0n) is 11.1. The van der Waals surface area contributed by atoms with Crippen LogP contribution in [-0.2, 0) is 18.4 Å². The van der Waals surface area contributed by atoms with Crippen LogP contribution in [0.1, 0.15) is 12.0 Å². The minimum atomic E-state index is 0.134. The number of carbonyl (C=O) groups is 1. The summed E-state index contributed by atoms with van der Waals surface area (Å²) in [4.78, 5) is 12.0. The fraction of sp³-hybridized carbons (Fsp3) is 0.400. The number of aromatic nitrogens is 1. The second-order valence-electron chi connectivity index (χ2n) is 5.19. The van der Waals surface area contributed by atoms with Crippen LogP contribution < -0.4 is 10.6 Å². The lowest BCUT2D eigenvalue weighted by Crippen LogP contribution is -2.31. The topological polar surface area (TPSA) is 46.1 Å². The molecule has 1 saturated heterocycles. The Morgan fingerprint density at radius 3 is 3.11 bits per heavy atom. The van der Waals surface area contributed by atoms with Gasteiger partial charge >= 0.3 is 0 Å². The molecule has 0 aliphatic carbocycles. The van der Waals surface area contributed by atoms with Crippen molar-refractivity contribution in [3.63, 3.8) is 0 Å². The first-order chi connectivity index (χ1) is 9.25. The number of nitrogens with zero attached hydrogens (tertiary/aromatic N) is 1. The number of hydrogen-bond donors (Lipinski definition) is 2. The van der Waals surface area contributed by atoms with Gasteiger partial charge in [-0.3, -0.25) is 4.79 Å². The lowest BCUT2D eigenvalue weighted by atomic mass is 10.1. The van der Waals surface area contributed by atoms with Crippen LogP contribution in [0.25, 0.3) is 10.9 Å². The largest absolute Gasteiger partial charge is 0.352 e. The van der Waals surface area contributed by atoms with Crippen LogP contribution in [0, 0.1) is 5.92 Å². The predicted octanol–water partition coefficient (Wildman–Crippen LogP) is 1.40. The van der Waals surface area contributed by atoms with E-state index in [4.69, 9.17) is 0 Å². The van der Waals surface area contributed by atoms with Crippen LogP contribution in [0.5, 0.6) is 0 Å². The highest BCUT2D eigenvalue weighted by molar-refractivity contribution is 5.85. The zero-order valence-corrected chi connectivity index (χ0v) is 11.1. The number of para-hydroxylation sites is 1. The quantitative estimate of drug-likeness (QED) is 0.873. The maximum Gasteiger partial charge on any atom is 0.224 e.